The highest BCUT2D eigenvalue weighted by molar-refractivity contribution is 5.75. The smallest absolute Gasteiger partial charge is 0.164 e. The van der Waals surface area contributed by atoms with E-state index in [0.29, 0.717) is 0 Å². The summed E-state index contributed by atoms with van der Waals surface area (Å²) in [7, 11) is 0. The maximum absolute atomic E-state index is 9.96. The van der Waals surface area contributed by atoms with Gasteiger partial charge in [0, 0.05) is 0 Å². The predicted octanol–water partition coefficient (Wildman–Crippen LogP) is -0.352. The number of fused-ring (bicyclic) bond motifs is 1. The average Bonchev–Trinajstić information content (AvgIpc) is 2.93. The second kappa shape index (κ2) is 4.33. The van der Waals surface area contributed by atoms with Crippen LogP contribution in [-0.2, 0) is 4.74 Å². The van der Waals surface area contributed by atoms with Gasteiger partial charge in [-0.15, -0.1) is 0 Å². The molecule has 1 aliphatic heterocycles. The van der Waals surface area contributed by atoms with Crippen molar-refractivity contribution in [2.45, 2.75) is 24.5 Å². The molecule has 6 nitrogen and oxygen atoms in total. The van der Waals surface area contributed by atoms with Crippen LogP contribution < -0.4 is 0 Å². The van der Waals surface area contributed by atoms with E-state index in [2.05, 4.69) is 4.98 Å². The van der Waals surface area contributed by atoms with Crippen molar-refractivity contribution in [3.63, 3.8) is 0 Å². The summed E-state index contributed by atoms with van der Waals surface area (Å²) >= 11 is 0. The highest BCUT2D eigenvalue weighted by atomic mass is 16.6. The molecule has 0 saturated carbocycles. The first-order chi connectivity index (χ1) is 8.72. The molecular formula is C12H14N2O4. The third kappa shape index (κ3) is 1.62. The number of hydrogen-bond donors (Lipinski definition) is 3. The molecule has 6 heteroatoms. The Morgan fingerprint density at radius 3 is 2.72 bits per heavy atom. The van der Waals surface area contributed by atoms with Gasteiger partial charge in [-0.05, 0) is 12.1 Å². The molecule has 1 aromatic carbocycles. The normalized spacial score (nSPS) is 32.2. The summed E-state index contributed by atoms with van der Waals surface area (Å²) in [6.07, 6.45) is -2.12. The van der Waals surface area contributed by atoms with Gasteiger partial charge in [0.1, 0.15) is 18.3 Å². The van der Waals surface area contributed by atoms with Crippen LogP contribution in [0, 0.1) is 0 Å². The lowest BCUT2D eigenvalue weighted by atomic mass is 10.1. The predicted molar refractivity (Wildman–Crippen MR) is 62.7 cm³/mol. The molecule has 2 unspecified atom stereocenters. The summed E-state index contributed by atoms with van der Waals surface area (Å²) in [5.74, 6) is 0. The van der Waals surface area contributed by atoms with Crippen molar-refractivity contribution in [3.8, 4) is 0 Å². The summed E-state index contributed by atoms with van der Waals surface area (Å²) in [6, 6.07) is 7.45. The Bertz CT molecular complexity index is 556. The van der Waals surface area contributed by atoms with Gasteiger partial charge in [0.15, 0.2) is 6.23 Å². The van der Waals surface area contributed by atoms with Crippen molar-refractivity contribution in [3.05, 3.63) is 30.6 Å². The molecule has 2 aromatic rings. The SMILES string of the molecule is OC[C@H]1O[C@@H](n2cnc3ccccc32)C(O)C1O. The zero-order valence-electron chi connectivity index (χ0n) is 9.55. The monoisotopic (exact) mass is 250 g/mol. The van der Waals surface area contributed by atoms with Crippen LogP contribution in [0.25, 0.3) is 11.0 Å². The molecule has 4 atom stereocenters. The topological polar surface area (TPSA) is 87.7 Å². The first-order valence-corrected chi connectivity index (χ1v) is 5.76. The van der Waals surface area contributed by atoms with Crippen molar-refractivity contribution < 1.29 is 20.1 Å². The summed E-state index contributed by atoms with van der Waals surface area (Å²) in [6.45, 7) is -0.332. The number of aliphatic hydroxyl groups is 3. The van der Waals surface area contributed by atoms with Crippen LogP contribution in [0.1, 0.15) is 6.23 Å². The highest BCUT2D eigenvalue weighted by Crippen LogP contribution is 2.31. The summed E-state index contributed by atoms with van der Waals surface area (Å²) < 4.78 is 7.13. The van der Waals surface area contributed by atoms with Crippen LogP contribution in [0.4, 0.5) is 0 Å². The Morgan fingerprint density at radius 2 is 2.00 bits per heavy atom. The molecule has 2 heterocycles. The standard InChI is InChI=1S/C12H14N2O4/c15-5-9-10(16)11(17)12(18-9)14-6-13-7-3-1-2-4-8(7)14/h1-4,6,9-12,15-17H,5H2/t9-,10?,11?,12-/m1/s1. The molecule has 3 rings (SSSR count). The maximum atomic E-state index is 9.96. The largest absolute Gasteiger partial charge is 0.394 e. The molecule has 1 saturated heterocycles. The Kier molecular flexibility index (Phi) is 2.79. The minimum atomic E-state index is -1.10. The third-order valence-electron chi connectivity index (χ3n) is 3.27. The lowest BCUT2D eigenvalue weighted by Gasteiger charge is -2.16. The van der Waals surface area contributed by atoms with E-state index in [4.69, 9.17) is 9.84 Å². The molecule has 1 aromatic heterocycles. The molecule has 0 radical (unpaired) electrons. The van der Waals surface area contributed by atoms with Gasteiger partial charge >= 0.3 is 0 Å². The van der Waals surface area contributed by atoms with Gasteiger partial charge in [-0.25, -0.2) is 4.98 Å². The van der Waals surface area contributed by atoms with E-state index >= 15 is 0 Å². The Labute approximate surface area is 103 Å². The number of nitrogens with zero attached hydrogens (tertiary/aromatic N) is 2. The summed E-state index contributed by atoms with van der Waals surface area (Å²) in [5.41, 5.74) is 1.60. The number of imidazole rings is 1. The molecule has 1 aliphatic rings. The van der Waals surface area contributed by atoms with Gasteiger partial charge in [-0.3, -0.25) is 0 Å². The van der Waals surface area contributed by atoms with Gasteiger partial charge in [-0.1, -0.05) is 12.1 Å². The number of rotatable bonds is 2. The van der Waals surface area contributed by atoms with E-state index in [1.54, 1.807) is 10.9 Å². The number of ether oxygens (including phenoxy) is 1. The van der Waals surface area contributed by atoms with Crippen molar-refractivity contribution in [1.82, 2.24) is 9.55 Å². The fraction of sp³-hybridized carbons (Fsp3) is 0.417. The Hall–Kier alpha value is -1.47. The Balaban J connectivity index is 2.00. The van der Waals surface area contributed by atoms with Crippen LogP contribution in [0.2, 0.25) is 0 Å². The fourth-order valence-electron chi connectivity index (χ4n) is 2.29. The van der Waals surface area contributed by atoms with Crippen LogP contribution in [0.5, 0.6) is 0 Å². The fourth-order valence-corrected chi connectivity index (χ4v) is 2.29. The van der Waals surface area contributed by atoms with Gasteiger partial charge in [0.05, 0.1) is 24.0 Å². The average molecular weight is 250 g/mol. The van der Waals surface area contributed by atoms with Crippen LogP contribution in [-0.4, -0.2) is 49.8 Å². The van der Waals surface area contributed by atoms with E-state index in [9.17, 15) is 10.2 Å². The lowest BCUT2D eigenvalue weighted by Crippen LogP contribution is -2.33. The minimum Gasteiger partial charge on any atom is -0.394 e. The van der Waals surface area contributed by atoms with Gasteiger partial charge in [0.25, 0.3) is 0 Å². The highest BCUT2D eigenvalue weighted by Gasteiger charge is 2.43. The van der Waals surface area contributed by atoms with Gasteiger partial charge < -0.3 is 24.6 Å². The van der Waals surface area contributed by atoms with E-state index in [1.165, 1.54) is 0 Å². The number of aromatic nitrogens is 2. The number of aliphatic hydroxyl groups excluding tert-OH is 3. The molecule has 3 N–H and O–H groups in total. The second-order valence-electron chi connectivity index (χ2n) is 4.37. The van der Waals surface area contributed by atoms with Crippen LogP contribution in [0.3, 0.4) is 0 Å². The van der Waals surface area contributed by atoms with E-state index in [1.807, 2.05) is 24.3 Å². The molecule has 18 heavy (non-hydrogen) atoms. The molecule has 0 spiro atoms. The quantitative estimate of drug-likeness (QED) is 0.678. The van der Waals surface area contributed by atoms with Gasteiger partial charge in [-0.2, -0.15) is 0 Å². The molecule has 0 amide bonds. The lowest BCUT2D eigenvalue weighted by molar-refractivity contribution is -0.0508. The number of benzene rings is 1. The third-order valence-corrected chi connectivity index (χ3v) is 3.27. The van der Waals surface area contributed by atoms with E-state index in [0.717, 1.165) is 11.0 Å². The van der Waals surface area contributed by atoms with Crippen molar-refractivity contribution in [1.29, 1.82) is 0 Å². The zero-order valence-corrected chi connectivity index (χ0v) is 9.55. The minimum absolute atomic E-state index is 0.332. The molecule has 0 bridgehead atoms. The molecule has 96 valence electrons. The number of hydrogen-bond acceptors (Lipinski definition) is 5. The van der Waals surface area contributed by atoms with E-state index < -0.39 is 24.5 Å². The van der Waals surface area contributed by atoms with Crippen LogP contribution >= 0.6 is 0 Å². The van der Waals surface area contributed by atoms with Crippen molar-refractivity contribution >= 4 is 11.0 Å². The number of para-hydroxylation sites is 2. The molecule has 0 aliphatic carbocycles. The second-order valence-corrected chi connectivity index (χ2v) is 4.37. The summed E-state index contributed by atoms with van der Waals surface area (Å²) in [5, 5.41) is 28.7. The molecular weight excluding hydrogens is 236 g/mol. The van der Waals surface area contributed by atoms with Crippen molar-refractivity contribution in [2.24, 2.45) is 0 Å². The maximum Gasteiger partial charge on any atom is 0.164 e. The first kappa shape index (κ1) is 11.6. The Morgan fingerprint density at radius 1 is 1.22 bits per heavy atom. The summed E-state index contributed by atoms with van der Waals surface area (Å²) in [4.78, 5) is 4.20. The first-order valence-electron chi connectivity index (χ1n) is 5.76. The van der Waals surface area contributed by atoms with E-state index in [-0.39, 0.29) is 6.61 Å². The van der Waals surface area contributed by atoms with Crippen LogP contribution in [0.15, 0.2) is 30.6 Å². The molecule has 1 fully saturated rings. The zero-order chi connectivity index (χ0) is 12.7. The van der Waals surface area contributed by atoms with Gasteiger partial charge in [0.2, 0.25) is 0 Å². The van der Waals surface area contributed by atoms with Crippen molar-refractivity contribution in [2.75, 3.05) is 6.61 Å².